The number of aromatic nitrogens is 4. The second-order valence-corrected chi connectivity index (χ2v) is 8.34. The van der Waals surface area contributed by atoms with Crippen LogP contribution in [0.1, 0.15) is 56.3 Å². The van der Waals surface area contributed by atoms with E-state index in [-0.39, 0.29) is 18.3 Å². The fourth-order valence-electron chi connectivity index (χ4n) is 4.34. The van der Waals surface area contributed by atoms with Crippen LogP contribution in [-0.4, -0.2) is 49.3 Å². The van der Waals surface area contributed by atoms with Gasteiger partial charge in [0.1, 0.15) is 5.82 Å². The molecule has 1 N–H and O–H groups in total. The molecular formula is C23H27FN4O4. The second-order valence-electron chi connectivity index (χ2n) is 8.34. The van der Waals surface area contributed by atoms with Crippen molar-refractivity contribution in [2.45, 2.75) is 62.9 Å². The van der Waals surface area contributed by atoms with Gasteiger partial charge in [0.2, 0.25) is 0 Å². The van der Waals surface area contributed by atoms with Gasteiger partial charge in [-0.15, -0.1) is 5.10 Å². The van der Waals surface area contributed by atoms with Crippen LogP contribution in [0.2, 0.25) is 0 Å². The van der Waals surface area contributed by atoms with E-state index in [0.29, 0.717) is 12.2 Å². The van der Waals surface area contributed by atoms with E-state index in [1.165, 1.54) is 12.1 Å². The van der Waals surface area contributed by atoms with Crippen molar-refractivity contribution in [1.29, 1.82) is 0 Å². The van der Waals surface area contributed by atoms with Crippen LogP contribution >= 0.6 is 0 Å². The van der Waals surface area contributed by atoms with Crippen LogP contribution in [0.15, 0.2) is 36.4 Å². The molecule has 0 radical (unpaired) electrons. The van der Waals surface area contributed by atoms with E-state index in [4.69, 9.17) is 9.47 Å². The number of benzene rings is 1. The van der Waals surface area contributed by atoms with Crippen molar-refractivity contribution < 1.29 is 23.8 Å². The molecule has 1 aliphatic heterocycles. The summed E-state index contributed by atoms with van der Waals surface area (Å²) in [6.45, 7) is 0. The summed E-state index contributed by atoms with van der Waals surface area (Å²) in [7, 11) is 1.74. The van der Waals surface area contributed by atoms with Gasteiger partial charge in [-0.05, 0) is 47.0 Å². The minimum absolute atomic E-state index is 0.0546. The monoisotopic (exact) mass is 442 g/mol. The maximum absolute atomic E-state index is 13.3. The summed E-state index contributed by atoms with van der Waals surface area (Å²) in [5.41, 5.74) is 1.53. The Labute approximate surface area is 185 Å². The minimum Gasteiger partial charge on any atom is -0.481 e. The first kappa shape index (κ1) is 22.3. The number of rotatable bonds is 6. The first-order valence-corrected chi connectivity index (χ1v) is 10.9. The lowest BCUT2D eigenvalue weighted by Gasteiger charge is -2.46. The largest absolute Gasteiger partial charge is 0.481 e. The molecule has 1 saturated carbocycles. The first-order valence-electron chi connectivity index (χ1n) is 10.9. The molecule has 2 aromatic rings. The van der Waals surface area contributed by atoms with Gasteiger partial charge in [-0.1, -0.05) is 30.7 Å². The van der Waals surface area contributed by atoms with Crippen LogP contribution in [0.25, 0.3) is 11.6 Å². The third kappa shape index (κ3) is 5.46. The van der Waals surface area contributed by atoms with Crippen molar-refractivity contribution in [2.75, 3.05) is 0 Å². The van der Waals surface area contributed by atoms with Crippen molar-refractivity contribution in [3.63, 3.8) is 0 Å². The van der Waals surface area contributed by atoms with Gasteiger partial charge in [0, 0.05) is 31.9 Å². The molecule has 1 saturated heterocycles. The van der Waals surface area contributed by atoms with Crippen LogP contribution in [0.4, 0.5) is 4.39 Å². The predicted octanol–water partition coefficient (Wildman–Crippen LogP) is 3.76. The Morgan fingerprint density at radius 2 is 2.00 bits per heavy atom. The Balaban J connectivity index is 1.60. The zero-order valence-corrected chi connectivity index (χ0v) is 18.0. The molecule has 9 heteroatoms. The number of carboxylic acid groups (broad SMARTS) is 1. The highest BCUT2D eigenvalue weighted by molar-refractivity contribution is 5.84. The predicted molar refractivity (Wildman–Crippen MR) is 115 cm³/mol. The highest BCUT2D eigenvalue weighted by Gasteiger charge is 2.43. The molecule has 2 atom stereocenters. The smallest absolute Gasteiger partial charge is 0.305 e. The SMILES string of the molecule is Cn1nnnc1C(C=CC1CC(CC(=O)O)OC2(CCCCC2)O1)=Cc1ccc(F)cc1. The number of tetrazole rings is 1. The summed E-state index contributed by atoms with van der Waals surface area (Å²) in [6, 6.07) is 6.15. The average molecular weight is 442 g/mol. The molecule has 32 heavy (non-hydrogen) atoms. The van der Waals surface area contributed by atoms with E-state index in [1.54, 1.807) is 23.9 Å². The van der Waals surface area contributed by atoms with Crippen molar-refractivity contribution in [3.8, 4) is 0 Å². The molecule has 2 unspecified atom stereocenters. The van der Waals surface area contributed by atoms with Crippen LogP contribution in [0, 0.1) is 5.82 Å². The first-order chi connectivity index (χ1) is 15.4. The third-order valence-corrected chi connectivity index (χ3v) is 5.82. The van der Waals surface area contributed by atoms with Crippen molar-refractivity contribution >= 4 is 17.6 Å². The molecule has 0 amide bonds. The molecule has 2 heterocycles. The van der Waals surface area contributed by atoms with Gasteiger partial charge in [0.15, 0.2) is 11.6 Å². The Bertz CT molecular complexity index is 996. The zero-order chi connectivity index (χ0) is 22.6. The maximum Gasteiger partial charge on any atom is 0.305 e. The molecule has 1 aromatic heterocycles. The van der Waals surface area contributed by atoms with E-state index >= 15 is 0 Å². The van der Waals surface area contributed by atoms with E-state index in [9.17, 15) is 14.3 Å². The van der Waals surface area contributed by atoms with Gasteiger partial charge in [-0.2, -0.15) is 0 Å². The molecule has 1 aromatic carbocycles. The number of aryl methyl sites for hydroxylation is 1. The number of hydrogen-bond acceptors (Lipinski definition) is 6. The summed E-state index contributed by atoms with van der Waals surface area (Å²) in [5, 5.41) is 21.0. The average Bonchev–Trinajstić information content (AvgIpc) is 3.18. The fraction of sp³-hybridized carbons (Fsp3) is 0.478. The summed E-state index contributed by atoms with van der Waals surface area (Å²) in [6.07, 6.45) is 9.99. The topological polar surface area (TPSA) is 99.4 Å². The van der Waals surface area contributed by atoms with E-state index in [0.717, 1.165) is 43.2 Å². The quantitative estimate of drug-likeness (QED) is 0.680. The van der Waals surface area contributed by atoms with Crippen LogP contribution in [-0.2, 0) is 21.3 Å². The van der Waals surface area contributed by atoms with Crippen LogP contribution < -0.4 is 0 Å². The number of aliphatic carboxylic acids is 1. The minimum atomic E-state index is -0.882. The summed E-state index contributed by atoms with van der Waals surface area (Å²) < 4.78 is 27.4. The Morgan fingerprint density at radius 3 is 2.66 bits per heavy atom. The Hall–Kier alpha value is -2.91. The van der Waals surface area contributed by atoms with Crippen molar-refractivity contribution in [1.82, 2.24) is 20.2 Å². The standard InChI is InChI=1S/C23H27FN4O4/c1-28-22(25-26-27-28)17(13-16-5-8-18(24)9-6-16)7-10-19-14-20(15-21(29)30)32-23(31-19)11-3-2-4-12-23/h5-10,13,19-20H,2-4,11-12,14-15H2,1H3,(H,29,30). The lowest BCUT2D eigenvalue weighted by atomic mass is 9.91. The lowest BCUT2D eigenvalue weighted by molar-refractivity contribution is -0.320. The molecule has 1 aliphatic carbocycles. The maximum atomic E-state index is 13.3. The molecule has 1 spiro atoms. The van der Waals surface area contributed by atoms with Crippen molar-refractivity contribution in [2.24, 2.45) is 7.05 Å². The highest BCUT2D eigenvalue weighted by Crippen LogP contribution is 2.40. The number of hydrogen-bond donors (Lipinski definition) is 1. The van der Waals surface area contributed by atoms with Gasteiger partial charge in [-0.3, -0.25) is 4.79 Å². The molecule has 4 rings (SSSR count). The normalized spacial score (nSPS) is 23.6. The van der Waals surface area contributed by atoms with E-state index in [1.807, 2.05) is 18.2 Å². The lowest BCUT2D eigenvalue weighted by Crippen LogP contribution is -2.49. The molecule has 8 nitrogen and oxygen atoms in total. The Morgan fingerprint density at radius 1 is 1.25 bits per heavy atom. The van der Waals surface area contributed by atoms with Crippen molar-refractivity contribution in [3.05, 3.63) is 53.6 Å². The highest BCUT2D eigenvalue weighted by atomic mass is 19.1. The zero-order valence-electron chi connectivity index (χ0n) is 18.0. The molecule has 2 fully saturated rings. The number of halogens is 1. The number of ether oxygens (including phenoxy) is 2. The number of carbonyl (C=O) groups is 1. The second kappa shape index (κ2) is 9.70. The van der Waals surface area contributed by atoms with E-state index in [2.05, 4.69) is 15.5 Å². The van der Waals surface area contributed by atoms with Gasteiger partial charge < -0.3 is 14.6 Å². The Kier molecular flexibility index (Phi) is 6.76. The van der Waals surface area contributed by atoms with Crippen LogP contribution in [0.5, 0.6) is 0 Å². The summed E-state index contributed by atoms with van der Waals surface area (Å²) >= 11 is 0. The van der Waals surface area contributed by atoms with Gasteiger partial charge in [0.25, 0.3) is 0 Å². The van der Waals surface area contributed by atoms with E-state index < -0.39 is 17.9 Å². The molecule has 170 valence electrons. The van der Waals surface area contributed by atoms with Gasteiger partial charge in [0.05, 0.1) is 18.6 Å². The number of allylic oxidation sites excluding steroid dienone is 2. The molecule has 2 aliphatic rings. The van der Waals surface area contributed by atoms with Gasteiger partial charge in [-0.25, -0.2) is 9.07 Å². The van der Waals surface area contributed by atoms with Crippen LogP contribution in [0.3, 0.4) is 0 Å². The van der Waals surface area contributed by atoms with Gasteiger partial charge >= 0.3 is 5.97 Å². The molecule has 0 bridgehead atoms. The third-order valence-electron chi connectivity index (χ3n) is 5.82. The number of nitrogens with zero attached hydrogens (tertiary/aromatic N) is 4. The number of carboxylic acids is 1. The summed E-state index contributed by atoms with van der Waals surface area (Å²) in [5.74, 6) is -1.36. The molecular weight excluding hydrogens is 415 g/mol. The fourth-order valence-corrected chi connectivity index (χ4v) is 4.34. The summed E-state index contributed by atoms with van der Waals surface area (Å²) in [4.78, 5) is 11.3.